The molecular weight excluding hydrogens is 586 g/mol. The zero-order valence-corrected chi connectivity index (χ0v) is 25.8. The van der Waals surface area contributed by atoms with E-state index >= 15 is 0 Å². The highest BCUT2D eigenvalue weighted by Crippen LogP contribution is 2.23. The zero-order valence-electron chi connectivity index (χ0n) is 25.0. The first-order valence-electron chi connectivity index (χ1n) is 15.0. The average molecular weight is 626 g/mol. The van der Waals surface area contributed by atoms with Crippen LogP contribution in [0.2, 0.25) is 5.02 Å². The Kier molecular flexibility index (Phi) is 11.4. The molecule has 2 aromatic carbocycles. The lowest BCUT2D eigenvalue weighted by molar-refractivity contribution is -0.143. The summed E-state index contributed by atoms with van der Waals surface area (Å²) >= 11 is 6.28. The third-order valence-electron chi connectivity index (χ3n) is 8.24. The minimum Gasteiger partial charge on any atom is -0.391 e. The highest BCUT2D eigenvalue weighted by molar-refractivity contribution is 6.31. The third kappa shape index (κ3) is 8.35. The molecule has 12 heteroatoms. The van der Waals surface area contributed by atoms with Gasteiger partial charge in [0.15, 0.2) is 0 Å². The van der Waals surface area contributed by atoms with E-state index in [1.807, 2.05) is 44.2 Å². The second-order valence-corrected chi connectivity index (χ2v) is 11.9. The summed E-state index contributed by atoms with van der Waals surface area (Å²) in [5.41, 5.74) is 1.41. The van der Waals surface area contributed by atoms with Crippen LogP contribution in [0.4, 0.5) is 0 Å². The molecule has 2 heterocycles. The van der Waals surface area contributed by atoms with Crippen LogP contribution < -0.4 is 16.0 Å². The van der Waals surface area contributed by atoms with Gasteiger partial charge in [-0.15, -0.1) is 0 Å². The lowest BCUT2D eigenvalue weighted by Crippen LogP contribution is -2.58. The van der Waals surface area contributed by atoms with E-state index < -0.39 is 47.9 Å². The number of fused-ring (bicyclic) bond motifs is 1. The van der Waals surface area contributed by atoms with Gasteiger partial charge in [-0.3, -0.25) is 24.0 Å². The molecule has 5 amide bonds. The summed E-state index contributed by atoms with van der Waals surface area (Å²) in [7, 11) is 0. The normalized spacial score (nSPS) is 24.4. The lowest BCUT2D eigenvalue weighted by atomic mass is 9.97. The predicted octanol–water partition coefficient (Wildman–Crippen LogP) is 1.06. The van der Waals surface area contributed by atoms with Crippen molar-refractivity contribution in [3.63, 3.8) is 0 Å². The minimum atomic E-state index is -1.02. The van der Waals surface area contributed by atoms with E-state index in [-0.39, 0.29) is 57.3 Å². The number of hydrogen-bond donors (Lipinski definition) is 4. The van der Waals surface area contributed by atoms with Gasteiger partial charge in [0.25, 0.3) is 0 Å². The van der Waals surface area contributed by atoms with E-state index in [4.69, 9.17) is 11.6 Å². The van der Waals surface area contributed by atoms with Gasteiger partial charge >= 0.3 is 0 Å². The molecule has 44 heavy (non-hydrogen) atoms. The summed E-state index contributed by atoms with van der Waals surface area (Å²) in [6.45, 7) is 3.29. The molecule has 236 valence electrons. The van der Waals surface area contributed by atoms with Gasteiger partial charge in [0.1, 0.15) is 18.1 Å². The first-order valence-corrected chi connectivity index (χ1v) is 15.4. The zero-order chi connectivity index (χ0) is 31.8. The van der Waals surface area contributed by atoms with Crippen LogP contribution in [-0.4, -0.2) is 94.9 Å². The predicted molar refractivity (Wildman–Crippen MR) is 164 cm³/mol. The van der Waals surface area contributed by atoms with Gasteiger partial charge in [-0.2, -0.15) is 0 Å². The Hall–Kier alpha value is -3.96. The molecule has 0 aromatic heterocycles. The van der Waals surface area contributed by atoms with Crippen LogP contribution in [0.25, 0.3) is 0 Å². The van der Waals surface area contributed by atoms with Crippen LogP contribution >= 0.6 is 11.6 Å². The molecule has 0 unspecified atom stereocenters. The smallest absolute Gasteiger partial charge is 0.246 e. The fourth-order valence-electron chi connectivity index (χ4n) is 5.53. The molecule has 4 rings (SSSR count). The number of hydrogen-bond acceptors (Lipinski definition) is 6. The average Bonchev–Trinajstić information content (AvgIpc) is 3.41. The Morgan fingerprint density at radius 2 is 1.73 bits per heavy atom. The van der Waals surface area contributed by atoms with Gasteiger partial charge in [0.05, 0.1) is 19.1 Å². The molecule has 2 fully saturated rings. The highest BCUT2D eigenvalue weighted by Gasteiger charge is 2.43. The van der Waals surface area contributed by atoms with E-state index in [0.29, 0.717) is 17.0 Å². The van der Waals surface area contributed by atoms with Crippen molar-refractivity contribution >= 4 is 41.1 Å². The maximum absolute atomic E-state index is 13.9. The van der Waals surface area contributed by atoms with Crippen LogP contribution in [0.1, 0.15) is 37.8 Å². The molecule has 4 N–H and O–H groups in total. The quantitative estimate of drug-likeness (QED) is 0.377. The number of aliphatic hydroxyl groups excluding tert-OH is 1. The van der Waals surface area contributed by atoms with E-state index in [1.54, 1.807) is 24.3 Å². The first kappa shape index (κ1) is 32.9. The van der Waals surface area contributed by atoms with Crippen LogP contribution in [0.5, 0.6) is 0 Å². The monoisotopic (exact) mass is 625 g/mol. The van der Waals surface area contributed by atoms with Crippen LogP contribution in [-0.2, 0) is 36.8 Å². The molecule has 0 spiro atoms. The number of benzene rings is 2. The number of aliphatic hydroxyl groups is 1. The minimum absolute atomic E-state index is 0.00273. The fourth-order valence-corrected chi connectivity index (χ4v) is 5.74. The number of carbonyl (C=O) groups is 5. The van der Waals surface area contributed by atoms with Crippen molar-refractivity contribution in [1.82, 2.24) is 25.8 Å². The second kappa shape index (κ2) is 15.2. The van der Waals surface area contributed by atoms with Crippen molar-refractivity contribution in [3.8, 4) is 0 Å². The lowest BCUT2D eigenvalue weighted by Gasteiger charge is -2.32. The summed E-state index contributed by atoms with van der Waals surface area (Å²) in [6, 6.07) is 13.1. The molecule has 2 aliphatic heterocycles. The molecule has 0 aliphatic carbocycles. The Morgan fingerprint density at radius 3 is 2.43 bits per heavy atom. The Morgan fingerprint density at radius 1 is 1.02 bits per heavy atom. The Balaban J connectivity index is 1.65. The summed E-state index contributed by atoms with van der Waals surface area (Å²) < 4.78 is 0. The van der Waals surface area contributed by atoms with Crippen molar-refractivity contribution < 1.29 is 29.1 Å². The number of amides is 5. The number of halogens is 1. The standard InChI is InChI=1S/C32H40ClN5O6/c1-3-20(2)29-32(44)38-18-23(39)17-26(38)31(43)35-25(15-21-9-5-4-6-10-21)30(42)34-13-14-37(19-27(40)36-29)28(41)16-22-11-7-8-12-24(22)33/h4-12,20,23,25-26,29,39H,3,13-19H2,1-2H3,(H,34,42)(H,35,43)(H,36,40)/t20-,23+,25-,26-,29-/m0/s1. The Bertz CT molecular complexity index is 1360. The fraction of sp³-hybridized carbons (Fsp3) is 0.469. The van der Waals surface area contributed by atoms with E-state index in [0.717, 1.165) is 5.56 Å². The molecule has 2 aromatic rings. The van der Waals surface area contributed by atoms with Crippen molar-refractivity contribution in [3.05, 3.63) is 70.7 Å². The molecule has 0 saturated carbocycles. The molecular formula is C32H40ClN5O6. The maximum atomic E-state index is 13.9. The SMILES string of the molecule is CC[C@H](C)[C@@H]1NC(=O)CN(C(=O)Cc2ccccc2Cl)CCNC(=O)[C@H](Cc2ccccc2)NC(=O)[C@@H]2C[C@@H](O)CN2C1=O. The summed E-state index contributed by atoms with van der Waals surface area (Å²) in [5.74, 6) is -2.78. The van der Waals surface area contributed by atoms with Crippen molar-refractivity contribution in [1.29, 1.82) is 0 Å². The van der Waals surface area contributed by atoms with Gasteiger partial charge in [-0.05, 0) is 23.1 Å². The molecule has 11 nitrogen and oxygen atoms in total. The first-order chi connectivity index (χ1) is 21.1. The number of nitrogens with one attached hydrogen (secondary N) is 3. The van der Waals surface area contributed by atoms with Crippen molar-refractivity contribution in [2.24, 2.45) is 5.92 Å². The van der Waals surface area contributed by atoms with E-state index in [1.165, 1.54) is 9.80 Å². The number of carbonyl (C=O) groups excluding carboxylic acids is 5. The summed E-state index contributed by atoms with van der Waals surface area (Å²) in [6.07, 6.45) is -0.262. The summed E-state index contributed by atoms with van der Waals surface area (Å²) in [5, 5.41) is 19.3. The van der Waals surface area contributed by atoms with Gasteiger partial charge in [0.2, 0.25) is 29.5 Å². The van der Waals surface area contributed by atoms with Gasteiger partial charge in [0, 0.05) is 37.5 Å². The van der Waals surface area contributed by atoms with Crippen LogP contribution in [0.15, 0.2) is 54.6 Å². The van der Waals surface area contributed by atoms with E-state index in [9.17, 15) is 29.1 Å². The molecule has 0 radical (unpaired) electrons. The molecule has 0 bridgehead atoms. The largest absolute Gasteiger partial charge is 0.391 e. The van der Waals surface area contributed by atoms with Crippen LogP contribution in [0.3, 0.4) is 0 Å². The van der Waals surface area contributed by atoms with Crippen LogP contribution in [0, 0.1) is 5.92 Å². The van der Waals surface area contributed by atoms with Crippen molar-refractivity contribution in [2.45, 2.75) is 63.8 Å². The van der Waals surface area contributed by atoms with Gasteiger partial charge in [-0.25, -0.2) is 0 Å². The third-order valence-corrected chi connectivity index (χ3v) is 8.61. The summed E-state index contributed by atoms with van der Waals surface area (Å²) in [4.78, 5) is 70.3. The molecule has 2 aliphatic rings. The molecule has 5 atom stereocenters. The van der Waals surface area contributed by atoms with Gasteiger partial charge < -0.3 is 30.9 Å². The highest BCUT2D eigenvalue weighted by atomic mass is 35.5. The van der Waals surface area contributed by atoms with Crippen molar-refractivity contribution in [2.75, 3.05) is 26.2 Å². The molecule has 2 saturated heterocycles. The Labute approximate surface area is 262 Å². The maximum Gasteiger partial charge on any atom is 0.246 e. The topological polar surface area (TPSA) is 148 Å². The second-order valence-electron chi connectivity index (χ2n) is 11.5. The van der Waals surface area contributed by atoms with Gasteiger partial charge in [-0.1, -0.05) is 80.4 Å². The number of nitrogens with zero attached hydrogens (tertiary/aromatic N) is 2. The van der Waals surface area contributed by atoms with E-state index in [2.05, 4.69) is 16.0 Å². The number of rotatable bonds is 6.